The maximum absolute atomic E-state index is 12.1. The highest BCUT2D eigenvalue weighted by molar-refractivity contribution is 5.93. The summed E-state index contributed by atoms with van der Waals surface area (Å²) in [7, 11) is 0. The first-order chi connectivity index (χ1) is 9.70. The van der Waals surface area contributed by atoms with Crippen molar-refractivity contribution in [1.82, 2.24) is 14.8 Å². The van der Waals surface area contributed by atoms with Crippen LogP contribution in [0.3, 0.4) is 0 Å². The van der Waals surface area contributed by atoms with Gasteiger partial charge in [-0.05, 0) is 25.5 Å². The smallest absolute Gasteiger partial charge is 0.249 e. The second kappa shape index (κ2) is 6.70. The van der Waals surface area contributed by atoms with E-state index >= 15 is 0 Å². The van der Waals surface area contributed by atoms with Gasteiger partial charge in [-0.1, -0.05) is 13.0 Å². The number of ether oxygens (including phenoxy) is 1. The van der Waals surface area contributed by atoms with Gasteiger partial charge in [0.05, 0.1) is 6.61 Å². The van der Waals surface area contributed by atoms with Crippen molar-refractivity contribution in [2.45, 2.75) is 26.3 Å². The summed E-state index contributed by atoms with van der Waals surface area (Å²) in [5.74, 6) is 0.598. The van der Waals surface area contributed by atoms with Gasteiger partial charge in [0.1, 0.15) is 24.4 Å². The van der Waals surface area contributed by atoms with Crippen LogP contribution in [0.5, 0.6) is 5.75 Å². The number of carbonyl (C=O) groups excluding carboxylic acids is 1. The molecule has 2 aromatic rings. The van der Waals surface area contributed by atoms with Crippen molar-refractivity contribution < 1.29 is 9.53 Å². The quantitative estimate of drug-likeness (QED) is 0.877. The molecule has 1 aromatic heterocycles. The molecule has 0 fully saturated rings. The van der Waals surface area contributed by atoms with Crippen LogP contribution in [0, 0.1) is 0 Å². The number of aromatic nitrogens is 3. The molecule has 106 valence electrons. The number of benzene rings is 1. The summed E-state index contributed by atoms with van der Waals surface area (Å²) in [6.07, 6.45) is 3.87. The van der Waals surface area contributed by atoms with E-state index in [0.29, 0.717) is 12.3 Å². The van der Waals surface area contributed by atoms with Crippen LogP contribution >= 0.6 is 0 Å². The number of rotatable bonds is 6. The molecule has 1 N–H and O–H groups in total. The van der Waals surface area contributed by atoms with Gasteiger partial charge in [0, 0.05) is 11.8 Å². The first-order valence-electron chi connectivity index (χ1n) is 6.58. The number of amides is 1. The summed E-state index contributed by atoms with van der Waals surface area (Å²) in [5.41, 5.74) is 0.704. The van der Waals surface area contributed by atoms with Gasteiger partial charge < -0.3 is 10.1 Å². The van der Waals surface area contributed by atoms with Crippen LogP contribution < -0.4 is 10.1 Å². The fourth-order valence-corrected chi connectivity index (χ4v) is 1.67. The van der Waals surface area contributed by atoms with Crippen molar-refractivity contribution in [1.29, 1.82) is 0 Å². The van der Waals surface area contributed by atoms with Crippen LogP contribution in [0.1, 0.15) is 26.3 Å². The van der Waals surface area contributed by atoms with Crippen molar-refractivity contribution >= 4 is 11.6 Å². The molecule has 0 aliphatic rings. The van der Waals surface area contributed by atoms with Crippen LogP contribution in [0.25, 0.3) is 0 Å². The molecule has 1 amide bonds. The Bertz CT molecular complexity index is 554. The van der Waals surface area contributed by atoms with Gasteiger partial charge in [0.25, 0.3) is 0 Å². The highest BCUT2D eigenvalue weighted by Gasteiger charge is 2.15. The molecular weight excluding hydrogens is 256 g/mol. The normalized spacial score (nSPS) is 11.9. The molecule has 6 heteroatoms. The molecule has 0 radical (unpaired) electrons. The molecule has 1 atom stereocenters. The molecule has 0 bridgehead atoms. The molecule has 0 saturated carbocycles. The Morgan fingerprint density at radius 2 is 2.35 bits per heavy atom. The number of hydrogen-bond donors (Lipinski definition) is 1. The topological polar surface area (TPSA) is 69.0 Å². The van der Waals surface area contributed by atoms with E-state index < -0.39 is 6.04 Å². The van der Waals surface area contributed by atoms with Gasteiger partial charge in [0.2, 0.25) is 5.91 Å². The number of nitrogens with zero attached hydrogens (tertiary/aromatic N) is 3. The summed E-state index contributed by atoms with van der Waals surface area (Å²) < 4.78 is 7.04. The third-order valence-corrected chi connectivity index (χ3v) is 2.79. The van der Waals surface area contributed by atoms with Gasteiger partial charge in [-0.25, -0.2) is 9.67 Å². The van der Waals surface area contributed by atoms with E-state index in [1.54, 1.807) is 6.92 Å². The maximum atomic E-state index is 12.1. The Labute approximate surface area is 117 Å². The molecule has 20 heavy (non-hydrogen) atoms. The van der Waals surface area contributed by atoms with E-state index in [-0.39, 0.29) is 5.91 Å². The van der Waals surface area contributed by atoms with E-state index in [1.165, 1.54) is 17.3 Å². The molecular formula is C14H18N4O2. The van der Waals surface area contributed by atoms with E-state index in [1.807, 2.05) is 31.2 Å². The van der Waals surface area contributed by atoms with Crippen molar-refractivity contribution in [3.8, 4) is 5.75 Å². The minimum absolute atomic E-state index is 0.150. The average molecular weight is 274 g/mol. The number of nitrogens with one attached hydrogen (secondary N) is 1. The fourth-order valence-electron chi connectivity index (χ4n) is 1.67. The maximum Gasteiger partial charge on any atom is 0.249 e. The molecule has 1 aromatic carbocycles. The van der Waals surface area contributed by atoms with Crippen LogP contribution in [-0.4, -0.2) is 27.3 Å². The molecule has 1 heterocycles. The molecule has 0 saturated heterocycles. The van der Waals surface area contributed by atoms with Crippen molar-refractivity contribution in [2.24, 2.45) is 0 Å². The molecule has 0 aliphatic heterocycles. The Hall–Kier alpha value is -2.37. The van der Waals surface area contributed by atoms with Crippen molar-refractivity contribution in [3.63, 3.8) is 0 Å². The SMILES string of the molecule is CCCOc1cccc(NC(=O)[C@H](C)n2cncn2)c1. The standard InChI is InChI=1S/C14H18N4O2/c1-3-7-20-13-6-4-5-12(8-13)17-14(19)11(2)18-10-15-9-16-18/h4-6,8-11H,3,7H2,1-2H3,(H,17,19)/t11-/m0/s1. The number of hydrogen-bond acceptors (Lipinski definition) is 4. The number of anilines is 1. The predicted molar refractivity (Wildman–Crippen MR) is 75.6 cm³/mol. The summed E-state index contributed by atoms with van der Waals surface area (Å²) in [5, 5.41) is 6.80. The van der Waals surface area contributed by atoms with Crippen LogP contribution in [0.15, 0.2) is 36.9 Å². The van der Waals surface area contributed by atoms with E-state index in [9.17, 15) is 4.79 Å². The third-order valence-electron chi connectivity index (χ3n) is 2.79. The number of carbonyl (C=O) groups is 1. The van der Waals surface area contributed by atoms with Crippen LogP contribution in [0.4, 0.5) is 5.69 Å². The lowest BCUT2D eigenvalue weighted by Gasteiger charge is -2.13. The van der Waals surface area contributed by atoms with Crippen LogP contribution in [-0.2, 0) is 4.79 Å². The first kappa shape index (κ1) is 14.0. The third kappa shape index (κ3) is 3.57. The van der Waals surface area contributed by atoms with E-state index in [4.69, 9.17) is 4.74 Å². The molecule has 6 nitrogen and oxygen atoms in total. The lowest BCUT2D eigenvalue weighted by Crippen LogP contribution is -2.24. The second-order valence-electron chi connectivity index (χ2n) is 4.42. The fraction of sp³-hybridized carbons (Fsp3) is 0.357. The Morgan fingerprint density at radius 3 is 3.05 bits per heavy atom. The Balaban J connectivity index is 2.00. The van der Waals surface area contributed by atoms with E-state index in [2.05, 4.69) is 15.4 Å². The Morgan fingerprint density at radius 1 is 1.50 bits per heavy atom. The van der Waals surface area contributed by atoms with Gasteiger partial charge in [-0.15, -0.1) is 0 Å². The highest BCUT2D eigenvalue weighted by atomic mass is 16.5. The van der Waals surface area contributed by atoms with Gasteiger partial charge in [0.15, 0.2) is 0 Å². The van der Waals surface area contributed by atoms with Crippen molar-refractivity contribution in [3.05, 3.63) is 36.9 Å². The Kier molecular flexibility index (Phi) is 4.70. The molecule has 0 spiro atoms. The zero-order chi connectivity index (χ0) is 14.4. The molecule has 2 rings (SSSR count). The average Bonchev–Trinajstić information content (AvgIpc) is 2.98. The molecule has 0 aliphatic carbocycles. The van der Waals surface area contributed by atoms with Crippen molar-refractivity contribution in [2.75, 3.05) is 11.9 Å². The van der Waals surface area contributed by atoms with Gasteiger partial charge in [-0.3, -0.25) is 4.79 Å². The summed E-state index contributed by atoms with van der Waals surface area (Å²) in [6, 6.07) is 6.93. The van der Waals surface area contributed by atoms with E-state index in [0.717, 1.165) is 12.2 Å². The van der Waals surface area contributed by atoms with Gasteiger partial charge >= 0.3 is 0 Å². The lowest BCUT2D eigenvalue weighted by molar-refractivity contribution is -0.119. The zero-order valence-electron chi connectivity index (χ0n) is 11.6. The minimum Gasteiger partial charge on any atom is -0.494 e. The van der Waals surface area contributed by atoms with Gasteiger partial charge in [-0.2, -0.15) is 5.10 Å². The zero-order valence-corrected chi connectivity index (χ0v) is 11.6. The second-order valence-corrected chi connectivity index (χ2v) is 4.42. The summed E-state index contributed by atoms with van der Waals surface area (Å²) in [4.78, 5) is 15.9. The monoisotopic (exact) mass is 274 g/mol. The van der Waals surface area contributed by atoms with Crippen LogP contribution in [0.2, 0.25) is 0 Å². The minimum atomic E-state index is -0.419. The first-order valence-corrected chi connectivity index (χ1v) is 6.58. The summed E-state index contributed by atoms with van der Waals surface area (Å²) in [6.45, 7) is 4.47. The highest BCUT2D eigenvalue weighted by Crippen LogP contribution is 2.18. The largest absolute Gasteiger partial charge is 0.494 e. The predicted octanol–water partition coefficient (Wildman–Crippen LogP) is 2.27. The lowest BCUT2D eigenvalue weighted by atomic mass is 10.2. The molecule has 0 unspecified atom stereocenters. The summed E-state index contributed by atoms with van der Waals surface area (Å²) >= 11 is 0.